The van der Waals surface area contributed by atoms with Gasteiger partial charge < -0.3 is 5.32 Å². The molecule has 0 bridgehead atoms. The van der Waals surface area contributed by atoms with Crippen LogP contribution in [-0.2, 0) is 6.54 Å². The predicted molar refractivity (Wildman–Crippen MR) is 75.1 cm³/mol. The molecule has 1 aromatic carbocycles. The van der Waals surface area contributed by atoms with Crippen molar-refractivity contribution in [2.45, 2.75) is 20.4 Å². The van der Waals surface area contributed by atoms with E-state index in [1.54, 1.807) is 0 Å². The Balaban J connectivity index is 2.41. The minimum absolute atomic E-state index is 0.918. The third-order valence-electron chi connectivity index (χ3n) is 2.77. The van der Waals surface area contributed by atoms with Crippen LogP contribution in [0.2, 0.25) is 0 Å². The first-order valence-corrected chi connectivity index (χ1v) is 6.39. The molecular formula is C15H24N2. The SMILES string of the molecule is C=C(CNCC)CN(CC)Cc1ccccc1. The fourth-order valence-electron chi connectivity index (χ4n) is 1.80. The van der Waals surface area contributed by atoms with E-state index in [2.05, 4.69) is 61.0 Å². The van der Waals surface area contributed by atoms with Gasteiger partial charge in [-0.25, -0.2) is 0 Å². The summed E-state index contributed by atoms with van der Waals surface area (Å²) in [4.78, 5) is 2.41. The highest BCUT2D eigenvalue weighted by atomic mass is 15.1. The van der Waals surface area contributed by atoms with Crippen LogP contribution in [0.15, 0.2) is 42.5 Å². The lowest BCUT2D eigenvalue weighted by Crippen LogP contribution is -2.28. The van der Waals surface area contributed by atoms with E-state index in [0.717, 1.165) is 32.7 Å². The Kier molecular flexibility index (Phi) is 6.60. The van der Waals surface area contributed by atoms with Gasteiger partial charge in [0.15, 0.2) is 0 Å². The van der Waals surface area contributed by atoms with Gasteiger partial charge in [0.25, 0.3) is 0 Å². The lowest BCUT2D eigenvalue weighted by molar-refractivity contribution is 0.302. The predicted octanol–water partition coefficient (Wildman–Crippen LogP) is 2.67. The molecule has 17 heavy (non-hydrogen) atoms. The van der Waals surface area contributed by atoms with Gasteiger partial charge in [0, 0.05) is 19.6 Å². The molecule has 0 aromatic heterocycles. The van der Waals surface area contributed by atoms with Crippen molar-refractivity contribution < 1.29 is 0 Å². The van der Waals surface area contributed by atoms with Crippen molar-refractivity contribution in [3.63, 3.8) is 0 Å². The lowest BCUT2D eigenvalue weighted by Gasteiger charge is -2.21. The zero-order valence-electron chi connectivity index (χ0n) is 11.1. The van der Waals surface area contributed by atoms with Crippen LogP contribution in [0.5, 0.6) is 0 Å². The molecule has 0 aliphatic carbocycles. The summed E-state index contributed by atoms with van der Waals surface area (Å²) in [5, 5.41) is 3.32. The van der Waals surface area contributed by atoms with Crippen molar-refractivity contribution in [3.8, 4) is 0 Å². The maximum Gasteiger partial charge on any atom is 0.0237 e. The molecule has 0 aliphatic heterocycles. The van der Waals surface area contributed by atoms with Crippen molar-refractivity contribution in [2.75, 3.05) is 26.2 Å². The van der Waals surface area contributed by atoms with E-state index >= 15 is 0 Å². The lowest BCUT2D eigenvalue weighted by atomic mass is 10.2. The van der Waals surface area contributed by atoms with E-state index in [-0.39, 0.29) is 0 Å². The van der Waals surface area contributed by atoms with Gasteiger partial charge >= 0.3 is 0 Å². The van der Waals surface area contributed by atoms with Crippen LogP contribution in [0.25, 0.3) is 0 Å². The Morgan fingerprint density at radius 3 is 2.53 bits per heavy atom. The Morgan fingerprint density at radius 1 is 1.24 bits per heavy atom. The monoisotopic (exact) mass is 232 g/mol. The van der Waals surface area contributed by atoms with Gasteiger partial charge in [0.1, 0.15) is 0 Å². The molecule has 0 heterocycles. The van der Waals surface area contributed by atoms with Gasteiger partial charge in [-0.1, -0.05) is 50.8 Å². The van der Waals surface area contributed by atoms with E-state index in [1.807, 2.05) is 0 Å². The van der Waals surface area contributed by atoms with Crippen LogP contribution in [0, 0.1) is 0 Å². The number of nitrogens with zero attached hydrogens (tertiary/aromatic N) is 1. The molecule has 0 radical (unpaired) electrons. The van der Waals surface area contributed by atoms with E-state index in [0.29, 0.717) is 0 Å². The van der Waals surface area contributed by atoms with Gasteiger partial charge in [-0.2, -0.15) is 0 Å². The summed E-state index contributed by atoms with van der Waals surface area (Å²) in [5.74, 6) is 0. The maximum absolute atomic E-state index is 4.12. The summed E-state index contributed by atoms with van der Waals surface area (Å²) < 4.78 is 0. The van der Waals surface area contributed by atoms with Crippen LogP contribution in [0.1, 0.15) is 19.4 Å². The zero-order chi connectivity index (χ0) is 12.5. The summed E-state index contributed by atoms with van der Waals surface area (Å²) in [6.45, 7) is 13.4. The molecule has 0 saturated carbocycles. The van der Waals surface area contributed by atoms with Crippen molar-refractivity contribution in [1.82, 2.24) is 10.2 Å². The number of nitrogens with one attached hydrogen (secondary N) is 1. The number of rotatable bonds is 8. The number of likely N-dealkylation sites (N-methyl/N-ethyl adjacent to an activating group) is 2. The minimum atomic E-state index is 0.918. The summed E-state index contributed by atoms with van der Waals surface area (Å²) in [6.07, 6.45) is 0. The second-order valence-electron chi connectivity index (χ2n) is 4.32. The fraction of sp³-hybridized carbons (Fsp3) is 0.467. The average Bonchev–Trinajstić information content (AvgIpc) is 2.36. The van der Waals surface area contributed by atoms with Gasteiger partial charge in [-0.05, 0) is 24.2 Å². The molecule has 0 aliphatic rings. The Bertz CT molecular complexity index is 319. The Morgan fingerprint density at radius 2 is 1.94 bits per heavy atom. The molecule has 0 atom stereocenters. The number of benzene rings is 1. The first-order valence-electron chi connectivity index (χ1n) is 6.39. The van der Waals surface area contributed by atoms with E-state index < -0.39 is 0 Å². The van der Waals surface area contributed by atoms with Gasteiger partial charge in [-0.15, -0.1) is 0 Å². The maximum atomic E-state index is 4.12. The minimum Gasteiger partial charge on any atom is -0.313 e. The first-order chi connectivity index (χ1) is 8.26. The Labute approximate surface area is 105 Å². The molecule has 1 rings (SSSR count). The standard InChI is InChI=1S/C15H24N2/c1-4-16-11-14(3)12-17(5-2)13-15-9-7-6-8-10-15/h6-10,16H,3-5,11-13H2,1-2H3. The number of hydrogen-bond acceptors (Lipinski definition) is 2. The third-order valence-corrected chi connectivity index (χ3v) is 2.77. The third kappa shape index (κ3) is 5.66. The summed E-state index contributed by atoms with van der Waals surface area (Å²) in [6, 6.07) is 10.6. The topological polar surface area (TPSA) is 15.3 Å². The molecule has 1 N–H and O–H groups in total. The molecule has 2 nitrogen and oxygen atoms in total. The summed E-state index contributed by atoms with van der Waals surface area (Å²) in [7, 11) is 0. The Hall–Kier alpha value is -1.12. The van der Waals surface area contributed by atoms with Gasteiger partial charge in [-0.3, -0.25) is 4.90 Å². The summed E-state index contributed by atoms with van der Waals surface area (Å²) >= 11 is 0. The van der Waals surface area contributed by atoms with Gasteiger partial charge in [0.05, 0.1) is 0 Å². The van der Waals surface area contributed by atoms with Crippen LogP contribution < -0.4 is 5.32 Å². The molecule has 0 amide bonds. The molecular weight excluding hydrogens is 208 g/mol. The first kappa shape index (κ1) is 13.9. The average molecular weight is 232 g/mol. The largest absolute Gasteiger partial charge is 0.313 e. The molecule has 1 aromatic rings. The van der Waals surface area contributed by atoms with Crippen LogP contribution >= 0.6 is 0 Å². The zero-order valence-corrected chi connectivity index (χ0v) is 11.1. The van der Waals surface area contributed by atoms with Crippen LogP contribution in [0.4, 0.5) is 0 Å². The highest BCUT2D eigenvalue weighted by Gasteiger charge is 2.05. The van der Waals surface area contributed by atoms with E-state index in [4.69, 9.17) is 0 Å². The second-order valence-corrected chi connectivity index (χ2v) is 4.32. The second kappa shape index (κ2) is 8.04. The highest BCUT2D eigenvalue weighted by molar-refractivity contribution is 5.15. The molecule has 0 fully saturated rings. The van der Waals surface area contributed by atoms with Crippen molar-refractivity contribution >= 4 is 0 Å². The normalized spacial score (nSPS) is 10.8. The van der Waals surface area contributed by atoms with Gasteiger partial charge in [0.2, 0.25) is 0 Å². The molecule has 2 heteroatoms. The van der Waals surface area contributed by atoms with E-state index in [1.165, 1.54) is 11.1 Å². The van der Waals surface area contributed by atoms with Crippen molar-refractivity contribution in [3.05, 3.63) is 48.0 Å². The fourth-order valence-corrected chi connectivity index (χ4v) is 1.80. The molecule has 0 saturated heterocycles. The summed E-state index contributed by atoms with van der Waals surface area (Å²) in [5.41, 5.74) is 2.62. The van der Waals surface area contributed by atoms with E-state index in [9.17, 15) is 0 Å². The van der Waals surface area contributed by atoms with Crippen LogP contribution in [-0.4, -0.2) is 31.1 Å². The quantitative estimate of drug-likeness (QED) is 0.693. The molecule has 0 spiro atoms. The smallest absolute Gasteiger partial charge is 0.0237 e. The highest BCUT2D eigenvalue weighted by Crippen LogP contribution is 2.05. The molecule has 0 unspecified atom stereocenters. The van der Waals surface area contributed by atoms with Crippen molar-refractivity contribution in [1.29, 1.82) is 0 Å². The van der Waals surface area contributed by atoms with Crippen molar-refractivity contribution in [2.24, 2.45) is 0 Å². The van der Waals surface area contributed by atoms with Crippen LogP contribution in [0.3, 0.4) is 0 Å². The number of hydrogen-bond donors (Lipinski definition) is 1. The molecule has 94 valence electrons.